The van der Waals surface area contributed by atoms with Crippen molar-refractivity contribution >= 4 is 44.5 Å². The Labute approximate surface area is 214 Å². The molecule has 1 N–H and O–H groups in total. The van der Waals surface area contributed by atoms with Gasteiger partial charge in [-0.2, -0.15) is 0 Å². The summed E-state index contributed by atoms with van der Waals surface area (Å²) in [7, 11) is -2.74. The Morgan fingerprint density at radius 2 is 1.44 bits per heavy atom. The summed E-state index contributed by atoms with van der Waals surface area (Å²) < 4.78 is 34.1. The smallest absolute Gasteiger partial charge is 0.270 e. The first kappa shape index (κ1) is 23.7. The molecule has 0 aliphatic carbocycles. The largest absolute Gasteiger partial charge is 0.457 e. The van der Waals surface area contributed by atoms with Crippen LogP contribution >= 0.6 is 11.6 Å². The fourth-order valence-corrected chi connectivity index (χ4v) is 5.68. The number of nitrogens with zero attached hydrogens (tertiary/aromatic N) is 1. The maximum Gasteiger partial charge on any atom is 0.270 e. The zero-order valence-electron chi connectivity index (χ0n) is 19.2. The van der Waals surface area contributed by atoms with Gasteiger partial charge in [-0.3, -0.25) is 9.10 Å². The van der Waals surface area contributed by atoms with E-state index in [1.165, 1.54) is 7.05 Å². The van der Waals surface area contributed by atoms with Gasteiger partial charge in [0.25, 0.3) is 15.9 Å². The Hall–Kier alpha value is -4.07. The van der Waals surface area contributed by atoms with Gasteiger partial charge in [0, 0.05) is 28.9 Å². The average molecular weight is 517 g/mol. The molecule has 0 saturated carbocycles. The molecular weight excluding hydrogens is 496 g/mol. The number of rotatable bonds is 5. The van der Waals surface area contributed by atoms with Crippen molar-refractivity contribution in [3.63, 3.8) is 0 Å². The third kappa shape index (κ3) is 4.46. The summed E-state index contributed by atoms with van der Waals surface area (Å²) in [6.45, 7) is 0. The molecule has 0 bridgehead atoms. The van der Waals surface area contributed by atoms with Gasteiger partial charge in [-0.25, -0.2) is 8.42 Å². The maximum atomic E-state index is 13.6. The van der Waals surface area contributed by atoms with Gasteiger partial charge in [0.1, 0.15) is 11.5 Å². The minimum atomic E-state index is -4.16. The Morgan fingerprint density at radius 3 is 2.11 bits per heavy atom. The van der Waals surface area contributed by atoms with Crippen LogP contribution in [0.3, 0.4) is 0 Å². The molecule has 1 heterocycles. The van der Waals surface area contributed by atoms with Crippen LogP contribution in [0, 0.1) is 0 Å². The number of nitrogens with one attached hydrogen (secondary N) is 1. The Balaban J connectivity index is 1.55. The van der Waals surface area contributed by atoms with Crippen molar-refractivity contribution in [1.82, 2.24) is 0 Å². The monoisotopic (exact) mass is 516 g/mol. The molecular formula is C28H21ClN2O4S. The Kier molecular flexibility index (Phi) is 6.26. The Bertz CT molecular complexity index is 1570. The lowest BCUT2D eigenvalue weighted by Gasteiger charge is -2.31. The van der Waals surface area contributed by atoms with Crippen molar-refractivity contribution in [2.75, 3.05) is 16.7 Å². The number of hydrogen-bond donors (Lipinski definition) is 1. The first-order valence-electron chi connectivity index (χ1n) is 11.1. The molecule has 4 aromatic carbocycles. The summed E-state index contributed by atoms with van der Waals surface area (Å²) in [4.78, 5) is 13.2. The van der Waals surface area contributed by atoms with Gasteiger partial charge in [-0.05, 0) is 60.2 Å². The van der Waals surface area contributed by atoms with Crippen LogP contribution in [-0.4, -0.2) is 21.4 Å². The molecule has 0 aromatic heterocycles. The van der Waals surface area contributed by atoms with Crippen LogP contribution in [-0.2, 0) is 14.8 Å². The predicted molar refractivity (Wildman–Crippen MR) is 143 cm³/mol. The number of sulfonamides is 1. The van der Waals surface area contributed by atoms with E-state index >= 15 is 0 Å². The highest BCUT2D eigenvalue weighted by molar-refractivity contribution is 7.97. The summed E-state index contributed by atoms with van der Waals surface area (Å²) in [5.74, 6) is 0.514. The molecule has 5 rings (SSSR count). The molecule has 1 aliphatic heterocycles. The van der Waals surface area contributed by atoms with E-state index in [0.29, 0.717) is 44.6 Å². The molecule has 0 fully saturated rings. The lowest BCUT2D eigenvalue weighted by molar-refractivity contribution is -0.112. The number of anilines is 2. The minimum Gasteiger partial charge on any atom is -0.457 e. The van der Waals surface area contributed by atoms with Gasteiger partial charge >= 0.3 is 0 Å². The van der Waals surface area contributed by atoms with Gasteiger partial charge in [0.05, 0.1) is 5.69 Å². The van der Waals surface area contributed by atoms with Crippen LogP contribution < -0.4 is 14.4 Å². The van der Waals surface area contributed by atoms with Gasteiger partial charge in [-0.15, -0.1) is 0 Å². The number of carbonyl (C=O) groups is 1. The van der Waals surface area contributed by atoms with E-state index in [9.17, 15) is 13.2 Å². The van der Waals surface area contributed by atoms with E-state index in [1.807, 2.05) is 36.4 Å². The summed E-state index contributed by atoms with van der Waals surface area (Å²) >= 11 is 6.28. The van der Waals surface area contributed by atoms with Crippen molar-refractivity contribution in [3.05, 3.63) is 124 Å². The van der Waals surface area contributed by atoms with Crippen molar-refractivity contribution < 1.29 is 17.9 Å². The lowest BCUT2D eigenvalue weighted by atomic mass is 9.95. The number of para-hydroxylation sites is 1. The lowest BCUT2D eigenvalue weighted by Crippen LogP contribution is -2.37. The van der Waals surface area contributed by atoms with Crippen molar-refractivity contribution in [1.29, 1.82) is 0 Å². The number of fused-ring (bicyclic) bond motifs is 1. The molecule has 0 unspecified atom stereocenters. The van der Waals surface area contributed by atoms with Crippen LogP contribution in [0.4, 0.5) is 11.4 Å². The molecule has 180 valence electrons. The third-order valence-corrected chi connectivity index (χ3v) is 7.83. The number of ether oxygens (including phenoxy) is 1. The van der Waals surface area contributed by atoms with Crippen molar-refractivity contribution in [2.45, 2.75) is 0 Å². The summed E-state index contributed by atoms with van der Waals surface area (Å²) in [6.07, 6.45) is 0. The summed E-state index contributed by atoms with van der Waals surface area (Å²) in [6, 6.07) is 29.9. The third-order valence-electron chi connectivity index (χ3n) is 5.77. The van der Waals surface area contributed by atoms with Crippen molar-refractivity contribution in [2.24, 2.45) is 0 Å². The van der Waals surface area contributed by atoms with Crippen LogP contribution in [0.15, 0.2) is 108 Å². The molecule has 6 nitrogen and oxygen atoms in total. The summed E-state index contributed by atoms with van der Waals surface area (Å²) in [5.41, 5.74) is 2.32. The van der Waals surface area contributed by atoms with Gasteiger partial charge in [0.2, 0.25) is 0 Å². The highest BCUT2D eigenvalue weighted by Gasteiger charge is 2.39. The molecule has 36 heavy (non-hydrogen) atoms. The van der Waals surface area contributed by atoms with E-state index in [4.69, 9.17) is 16.3 Å². The van der Waals surface area contributed by atoms with E-state index < -0.39 is 15.9 Å². The topological polar surface area (TPSA) is 75.7 Å². The minimum absolute atomic E-state index is 0.299. The molecule has 1 aliphatic rings. The number of carbonyl (C=O) groups excluding carboxylic acids is 1. The normalized spacial score (nSPS) is 14.2. The molecule has 0 atom stereocenters. The standard InChI is InChI=1S/C28H21ClN2O4S/c1-31-25-17-12-20(29)18-24(25)26(19-8-4-2-5-9-19)27(36(31,33)34)28(32)30-21-13-15-23(16-14-21)35-22-10-6-3-7-11-22/h2-18H,1H3,(H,30,32). The molecule has 4 aromatic rings. The van der Waals surface area contributed by atoms with Crippen LogP contribution in [0.5, 0.6) is 11.5 Å². The van der Waals surface area contributed by atoms with Gasteiger partial charge in [-0.1, -0.05) is 60.1 Å². The zero-order chi connectivity index (χ0) is 25.3. The van der Waals surface area contributed by atoms with Gasteiger partial charge in [0.15, 0.2) is 4.91 Å². The second kappa shape index (κ2) is 9.53. The Morgan fingerprint density at radius 1 is 0.833 bits per heavy atom. The van der Waals surface area contributed by atoms with Gasteiger partial charge < -0.3 is 10.1 Å². The highest BCUT2D eigenvalue weighted by atomic mass is 35.5. The number of halogens is 1. The molecule has 0 saturated heterocycles. The van der Waals surface area contributed by atoms with E-state index in [0.717, 1.165) is 4.31 Å². The predicted octanol–water partition coefficient (Wildman–Crippen LogP) is 6.31. The maximum absolute atomic E-state index is 13.6. The van der Waals surface area contributed by atoms with E-state index in [1.54, 1.807) is 66.7 Å². The van der Waals surface area contributed by atoms with Crippen molar-refractivity contribution in [3.8, 4) is 11.5 Å². The second-order valence-electron chi connectivity index (χ2n) is 8.10. The second-order valence-corrected chi connectivity index (χ2v) is 10.4. The van der Waals surface area contributed by atoms with Crippen LogP contribution in [0.1, 0.15) is 11.1 Å². The molecule has 8 heteroatoms. The van der Waals surface area contributed by atoms with Crippen LogP contribution in [0.25, 0.3) is 5.57 Å². The molecule has 0 radical (unpaired) electrons. The number of benzene rings is 4. The quantitative estimate of drug-likeness (QED) is 0.337. The molecule has 1 amide bonds. The highest BCUT2D eigenvalue weighted by Crippen LogP contribution is 2.43. The number of hydrogen-bond acceptors (Lipinski definition) is 4. The molecule has 0 spiro atoms. The fourth-order valence-electron chi connectivity index (χ4n) is 4.04. The van der Waals surface area contributed by atoms with E-state index in [2.05, 4.69) is 5.32 Å². The fraction of sp³-hybridized carbons (Fsp3) is 0.0357. The first-order chi connectivity index (χ1) is 17.3. The summed E-state index contributed by atoms with van der Waals surface area (Å²) in [5, 5.41) is 3.17. The first-order valence-corrected chi connectivity index (χ1v) is 12.9. The van der Waals surface area contributed by atoms with Crippen LogP contribution in [0.2, 0.25) is 5.02 Å². The van der Waals surface area contributed by atoms with E-state index in [-0.39, 0.29) is 4.91 Å². The number of amides is 1. The average Bonchev–Trinajstić information content (AvgIpc) is 2.88. The SMILES string of the molecule is CN1c2ccc(Cl)cc2C(c2ccccc2)=C(C(=O)Nc2ccc(Oc3ccccc3)cc2)S1(=O)=O. The zero-order valence-corrected chi connectivity index (χ0v) is 20.8.